The van der Waals surface area contributed by atoms with Crippen LogP contribution in [0.25, 0.3) is 11.1 Å². The number of hydrogen-bond acceptors (Lipinski definition) is 7. The van der Waals surface area contributed by atoms with Crippen LogP contribution in [0.15, 0.2) is 126 Å². The molecule has 1 saturated heterocycles. The zero-order valence-electron chi connectivity index (χ0n) is 41.0. The van der Waals surface area contributed by atoms with E-state index in [1.807, 2.05) is 124 Å². The predicted octanol–water partition coefficient (Wildman–Crippen LogP) is 11.6. The Labute approximate surface area is 398 Å². The highest BCUT2D eigenvalue weighted by atomic mass is 16.5. The summed E-state index contributed by atoms with van der Waals surface area (Å²) < 4.78 is 17.8. The summed E-state index contributed by atoms with van der Waals surface area (Å²) in [4.78, 5) is 43.7. The molecule has 0 bridgehead atoms. The summed E-state index contributed by atoms with van der Waals surface area (Å²) >= 11 is 0. The molecule has 0 saturated carbocycles. The summed E-state index contributed by atoms with van der Waals surface area (Å²) in [6.45, 7) is 19.7. The van der Waals surface area contributed by atoms with Gasteiger partial charge in [0.15, 0.2) is 0 Å². The van der Waals surface area contributed by atoms with Crippen LogP contribution in [0, 0.1) is 20.8 Å². The van der Waals surface area contributed by atoms with Crippen molar-refractivity contribution in [1.82, 2.24) is 15.6 Å². The fourth-order valence-electron chi connectivity index (χ4n) is 8.07. The highest BCUT2D eigenvalue weighted by molar-refractivity contribution is 5.99. The van der Waals surface area contributed by atoms with Crippen LogP contribution in [-0.2, 0) is 24.5 Å². The lowest BCUT2D eigenvalue weighted by Crippen LogP contribution is -2.40. The minimum Gasteiger partial charge on any atom is -0.488 e. The summed E-state index contributed by atoms with van der Waals surface area (Å²) in [5, 5.41) is 5.71. The van der Waals surface area contributed by atoms with Crippen molar-refractivity contribution in [2.45, 2.75) is 106 Å². The Bertz CT molecular complexity index is 2550. The van der Waals surface area contributed by atoms with Crippen molar-refractivity contribution in [3.05, 3.63) is 182 Å². The molecular weight excluding hydrogens is 837 g/mol. The first-order chi connectivity index (χ1) is 32.4. The monoisotopic (exact) mass is 907 g/mol. The number of rotatable bonds is 15. The molecule has 3 N–H and O–H groups in total. The number of aromatic nitrogens is 1. The minimum atomic E-state index is -0.177. The van der Waals surface area contributed by atoms with Crippen LogP contribution in [0.3, 0.4) is 0 Å². The van der Waals surface area contributed by atoms with E-state index >= 15 is 0 Å². The normalized spacial score (nSPS) is 12.2. The molecule has 0 spiro atoms. The third-order valence-corrected chi connectivity index (χ3v) is 11.6. The molecule has 1 aliphatic rings. The van der Waals surface area contributed by atoms with Gasteiger partial charge in [0.05, 0.1) is 5.56 Å². The van der Waals surface area contributed by atoms with Gasteiger partial charge in [0, 0.05) is 68.0 Å². The van der Waals surface area contributed by atoms with Gasteiger partial charge < -0.3 is 34.7 Å². The molecule has 6 aromatic rings. The Hall–Kier alpha value is -6.65. The summed E-state index contributed by atoms with van der Waals surface area (Å²) in [5.41, 5.74) is 10.5. The highest BCUT2D eigenvalue weighted by Crippen LogP contribution is 2.36. The van der Waals surface area contributed by atoms with E-state index < -0.39 is 0 Å². The smallest absolute Gasteiger partial charge is 0.254 e. The maximum Gasteiger partial charge on any atom is 0.254 e. The number of pyridine rings is 1. The number of carbonyl (C=O) groups is 2. The molecule has 1 fully saturated rings. The fourth-order valence-corrected chi connectivity index (χ4v) is 8.07. The van der Waals surface area contributed by atoms with Crippen LogP contribution < -0.4 is 30.6 Å². The molecule has 1 aliphatic heterocycles. The van der Waals surface area contributed by atoms with Gasteiger partial charge in [-0.1, -0.05) is 125 Å². The average Bonchev–Trinajstić information content (AvgIpc) is 3.34. The van der Waals surface area contributed by atoms with Gasteiger partial charge in [0.2, 0.25) is 0 Å². The van der Waals surface area contributed by atoms with E-state index in [4.69, 9.17) is 14.2 Å². The van der Waals surface area contributed by atoms with Crippen LogP contribution in [0.5, 0.6) is 11.5 Å². The van der Waals surface area contributed by atoms with Crippen LogP contribution in [0.4, 0.5) is 5.69 Å². The first-order valence-electron chi connectivity index (χ1n) is 23.6. The SMILES string of the molecule is CCC.CCN(c1cc(-c2ccccc2)cc(C(=O)NCc2c(C)cc(C)[nH]c2=O)c1C)C1CCOCC1.CNC(=O)c1cc(C(C)C)c(OCc2ccccc2)cc1OCc1ccccc1. The Kier molecular flexibility index (Phi) is 19.8. The molecule has 2 heterocycles. The van der Waals surface area contributed by atoms with E-state index in [1.54, 1.807) is 7.05 Å². The van der Waals surface area contributed by atoms with E-state index in [-0.39, 0.29) is 29.8 Å². The molecule has 0 atom stereocenters. The number of nitrogens with zero attached hydrogens (tertiary/aromatic N) is 1. The zero-order chi connectivity index (χ0) is 48.3. The number of benzene rings is 5. The van der Waals surface area contributed by atoms with Gasteiger partial charge in [-0.2, -0.15) is 0 Å². The second-order valence-corrected chi connectivity index (χ2v) is 17.2. The van der Waals surface area contributed by atoms with Crippen molar-refractivity contribution in [2.75, 3.05) is 31.7 Å². The molecular formula is C57H70N4O6. The van der Waals surface area contributed by atoms with Crippen molar-refractivity contribution >= 4 is 17.5 Å². The number of amides is 2. The lowest BCUT2D eigenvalue weighted by molar-refractivity contribution is 0.0845. The van der Waals surface area contributed by atoms with Gasteiger partial charge in [0.25, 0.3) is 17.4 Å². The Balaban J connectivity index is 0.000000241. The molecule has 67 heavy (non-hydrogen) atoms. The van der Waals surface area contributed by atoms with Crippen LogP contribution in [0.1, 0.15) is 120 Å². The number of anilines is 1. The molecule has 0 aliphatic carbocycles. The average molecular weight is 907 g/mol. The van der Waals surface area contributed by atoms with Crippen LogP contribution in [-0.4, -0.2) is 49.6 Å². The van der Waals surface area contributed by atoms with Crippen LogP contribution in [0.2, 0.25) is 0 Å². The van der Waals surface area contributed by atoms with E-state index in [2.05, 4.69) is 73.3 Å². The number of H-pyrrole nitrogens is 1. The fraction of sp³-hybridized carbons (Fsp3) is 0.351. The van der Waals surface area contributed by atoms with E-state index in [0.29, 0.717) is 41.7 Å². The van der Waals surface area contributed by atoms with Gasteiger partial charge in [-0.3, -0.25) is 14.4 Å². The molecule has 0 unspecified atom stereocenters. The van der Waals surface area contributed by atoms with Gasteiger partial charge >= 0.3 is 0 Å². The second-order valence-electron chi connectivity index (χ2n) is 17.2. The predicted molar refractivity (Wildman–Crippen MR) is 273 cm³/mol. The highest BCUT2D eigenvalue weighted by Gasteiger charge is 2.25. The Morgan fingerprint density at radius 3 is 1.84 bits per heavy atom. The minimum absolute atomic E-state index is 0.157. The summed E-state index contributed by atoms with van der Waals surface area (Å²) in [7, 11) is 1.62. The lowest BCUT2D eigenvalue weighted by atomic mass is 9.95. The molecule has 354 valence electrons. The number of aryl methyl sites for hydroxylation is 2. The first-order valence-corrected chi connectivity index (χ1v) is 23.6. The first kappa shape index (κ1) is 51.3. The van der Waals surface area contributed by atoms with Crippen LogP contribution >= 0.6 is 0 Å². The number of ether oxygens (including phenoxy) is 3. The summed E-state index contributed by atoms with van der Waals surface area (Å²) in [6, 6.07) is 40.2. The second kappa shape index (κ2) is 25.9. The molecule has 10 nitrogen and oxygen atoms in total. The Morgan fingerprint density at radius 1 is 0.731 bits per heavy atom. The zero-order valence-corrected chi connectivity index (χ0v) is 41.0. The topological polar surface area (TPSA) is 122 Å². The van der Waals surface area contributed by atoms with Crippen molar-refractivity contribution in [1.29, 1.82) is 0 Å². The van der Waals surface area contributed by atoms with Crippen molar-refractivity contribution in [2.24, 2.45) is 0 Å². The number of nitrogens with one attached hydrogen (secondary N) is 3. The third-order valence-electron chi connectivity index (χ3n) is 11.6. The number of hydrogen-bond donors (Lipinski definition) is 3. The molecule has 1 aromatic heterocycles. The Morgan fingerprint density at radius 2 is 1.30 bits per heavy atom. The molecule has 2 amide bonds. The summed E-state index contributed by atoms with van der Waals surface area (Å²) in [6.07, 6.45) is 3.19. The number of carbonyl (C=O) groups excluding carboxylic acids is 2. The molecule has 7 rings (SSSR count). The van der Waals surface area contributed by atoms with Crippen molar-refractivity contribution in [3.63, 3.8) is 0 Å². The maximum absolute atomic E-state index is 13.5. The van der Waals surface area contributed by atoms with Gasteiger partial charge in [0.1, 0.15) is 24.7 Å². The van der Waals surface area contributed by atoms with Gasteiger partial charge in [-0.25, -0.2) is 0 Å². The third kappa shape index (κ3) is 14.4. The van der Waals surface area contributed by atoms with E-state index in [0.717, 1.165) is 88.7 Å². The summed E-state index contributed by atoms with van der Waals surface area (Å²) in [5.74, 6) is 1.10. The molecule has 5 aromatic carbocycles. The van der Waals surface area contributed by atoms with Crippen molar-refractivity contribution in [3.8, 4) is 22.6 Å². The molecule has 0 radical (unpaired) electrons. The van der Waals surface area contributed by atoms with Gasteiger partial charge in [-0.05, 0) is 110 Å². The van der Waals surface area contributed by atoms with Gasteiger partial charge in [-0.15, -0.1) is 0 Å². The number of aromatic amines is 1. The molecule has 10 heteroatoms. The maximum atomic E-state index is 13.5. The largest absolute Gasteiger partial charge is 0.488 e. The van der Waals surface area contributed by atoms with Crippen molar-refractivity contribution < 1.29 is 23.8 Å². The standard InChI is InChI=1S/C29H35N3O3.C25H27NO3.C3H8/c1-5-32(24-11-13-35-14-12-24)27-17-23(22-9-7-6-8-10-22)16-25(21(27)4)28(33)30-18-26-19(2)15-20(3)31-29(26)34;1-18(2)21-14-22(25(27)26-3)24(29-17-20-12-8-5-9-13-20)15-23(21)28-16-19-10-6-4-7-11-19;1-3-2/h6-10,15-17,24H,5,11-14,18H2,1-4H3,(H,30,33)(H,31,34);4-15,18H,16-17H2,1-3H3,(H,26,27);3H2,1-2H3. The quantitative estimate of drug-likeness (QED) is 0.0938. The lowest BCUT2D eigenvalue weighted by Gasteiger charge is -2.37. The van der Waals surface area contributed by atoms with E-state index in [9.17, 15) is 14.4 Å². The van der Waals surface area contributed by atoms with E-state index in [1.165, 1.54) is 6.42 Å².